The number of rotatable bonds is 4. The first-order valence-electron chi connectivity index (χ1n) is 6.87. The fourth-order valence-corrected chi connectivity index (χ4v) is 2.73. The van der Waals surface area contributed by atoms with Gasteiger partial charge in [-0.15, -0.1) is 0 Å². The van der Waals surface area contributed by atoms with Crippen LogP contribution in [0.1, 0.15) is 46.4 Å². The second-order valence-corrected chi connectivity index (χ2v) is 5.16. The van der Waals surface area contributed by atoms with Crippen molar-refractivity contribution in [2.45, 2.75) is 31.7 Å². The van der Waals surface area contributed by atoms with Crippen LogP contribution in [0.25, 0.3) is 0 Å². The van der Waals surface area contributed by atoms with Gasteiger partial charge in [0.05, 0.1) is 11.1 Å². The second kappa shape index (κ2) is 6.52. The average molecular weight is 277 g/mol. The zero-order chi connectivity index (χ0) is 14.5. The molecule has 2 unspecified atom stereocenters. The van der Waals surface area contributed by atoms with Gasteiger partial charge in [0.25, 0.3) is 5.91 Å². The van der Waals surface area contributed by atoms with Gasteiger partial charge in [-0.05, 0) is 25.0 Å². The summed E-state index contributed by atoms with van der Waals surface area (Å²) in [6.07, 6.45) is 3.79. The van der Waals surface area contributed by atoms with E-state index in [1.807, 2.05) is 0 Å². The van der Waals surface area contributed by atoms with Gasteiger partial charge in [-0.3, -0.25) is 4.79 Å². The number of carbonyl (C=O) groups is 2. The van der Waals surface area contributed by atoms with Gasteiger partial charge in [0.1, 0.15) is 0 Å². The van der Waals surface area contributed by atoms with Crippen LogP contribution in [0.5, 0.6) is 0 Å². The second-order valence-electron chi connectivity index (χ2n) is 5.16. The summed E-state index contributed by atoms with van der Waals surface area (Å²) in [5.74, 6) is -1.43. The highest BCUT2D eigenvalue weighted by Crippen LogP contribution is 2.24. The van der Waals surface area contributed by atoms with Gasteiger partial charge in [-0.2, -0.15) is 0 Å². The van der Waals surface area contributed by atoms with Crippen molar-refractivity contribution in [1.29, 1.82) is 0 Å². The predicted molar refractivity (Wildman–Crippen MR) is 73.7 cm³/mol. The molecule has 20 heavy (non-hydrogen) atoms. The first-order chi connectivity index (χ1) is 9.63. The Bertz CT molecular complexity index is 500. The summed E-state index contributed by atoms with van der Waals surface area (Å²) >= 11 is 0. The molecule has 2 atom stereocenters. The smallest absolute Gasteiger partial charge is 0.336 e. The molecule has 0 heterocycles. The van der Waals surface area contributed by atoms with E-state index in [1.165, 1.54) is 12.1 Å². The summed E-state index contributed by atoms with van der Waals surface area (Å²) in [5, 5.41) is 21.3. The van der Waals surface area contributed by atoms with Gasteiger partial charge in [-0.25, -0.2) is 4.79 Å². The van der Waals surface area contributed by atoms with E-state index in [9.17, 15) is 14.7 Å². The molecule has 1 amide bonds. The van der Waals surface area contributed by atoms with Gasteiger partial charge in [0.15, 0.2) is 0 Å². The number of carbonyl (C=O) groups excluding carboxylic acids is 1. The van der Waals surface area contributed by atoms with E-state index < -0.39 is 5.97 Å². The van der Waals surface area contributed by atoms with Crippen LogP contribution in [-0.2, 0) is 0 Å². The highest BCUT2D eigenvalue weighted by atomic mass is 16.4. The highest BCUT2D eigenvalue weighted by molar-refractivity contribution is 6.04. The zero-order valence-corrected chi connectivity index (χ0v) is 11.2. The molecule has 1 fully saturated rings. The first-order valence-corrected chi connectivity index (χ1v) is 6.87. The number of aliphatic hydroxyl groups excluding tert-OH is 1. The van der Waals surface area contributed by atoms with Gasteiger partial charge in [-0.1, -0.05) is 25.0 Å². The molecule has 0 radical (unpaired) electrons. The molecule has 5 nitrogen and oxygen atoms in total. The van der Waals surface area contributed by atoms with Crippen molar-refractivity contribution in [3.05, 3.63) is 35.4 Å². The third-order valence-electron chi connectivity index (χ3n) is 3.86. The summed E-state index contributed by atoms with van der Waals surface area (Å²) < 4.78 is 0. The Morgan fingerprint density at radius 2 is 1.80 bits per heavy atom. The third kappa shape index (κ3) is 3.17. The van der Waals surface area contributed by atoms with Crippen molar-refractivity contribution in [1.82, 2.24) is 5.32 Å². The van der Waals surface area contributed by atoms with Crippen LogP contribution in [0.3, 0.4) is 0 Å². The summed E-state index contributed by atoms with van der Waals surface area (Å²) in [7, 11) is 0. The number of hydrogen-bond acceptors (Lipinski definition) is 3. The predicted octanol–water partition coefficient (Wildman–Crippen LogP) is 1.67. The van der Waals surface area contributed by atoms with Crippen LogP contribution >= 0.6 is 0 Å². The number of hydrogen-bond donors (Lipinski definition) is 3. The number of nitrogens with one attached hydrogen (secondary N) is 1. The molecule has 2 rings (SSSR count). The lowest BCUT2D eigenvalue weighted by molar-refractivity contribution is 0.0688. The maximum absolute atomic E-state index is 12.2. The minimum Gasteiger partial charge on any atom is -0.478 e. The lowest BCUT2D eigenvalue weighted by Gasteiger charge is -2.31. The molecule has 3 N–H and O–H groups in total. The standard InChI is InChI=1S/C15H19NO4/c17-9-10-5-1-4-8-13(10)16-14(18)11-6-2-3-7-12(11)15(19)20/h2-3,6-7,10,13,17H,1,4-5,8-9H2,(H,16,18)(H,19,20). The SMILES string of the molecule is O=C(O)c1ccccc1C(=O)NC1CCCCC1CO. The molecule has 1 aliphatic rings. The number of aliphatic hydroxyl groups is 1. The number of carboxylic acids is 1. The summed E-state index contributed by atoms with van der Waals surface area (Å²) in [6, 6.07) is 6.09. The molecule has 1 aromatic rings. The summed E-state index contributed by atoms with van der Waals surface area (Å²) in [4.78, 5) is 23.4. The third-order valence-corrected chi connectivity index (χ3v) is 3.86. The molecule has 0 aliphatic heterocycles. The molecule has 0 bridgehead atoms. The van der Waals surface area contributed by atoms with Crippen LogP contribution in [0.15, 0.2) is 24.3 Å². The molecule has 0 spiro atoms. The number of carboxylic acid groups (broad SMARTS) is 1. The van der Waals surface area contributed by atoms with Crippen LogP contribution in [-0.4, -0.2) is 34.7 Å². The summed E-state index contributed by atoms with van der Waals surface area (Å²) in [6.45, 7) is 0.0471. The first kappa shape index (κ1) is 14.5. The normalized spacial score (nSPS) is 22.2. The Morgan fingerprint density at radius 1 is 1.15 bits per heavy atom. The van der Waals surface area contributed by atoms with E-state index in [0.29, 0.717) is 0 Å². The minimum absolute atomic E-state index is 0.00126. The van der Waals surface area contributed by atoms with Crippen molar-refractivity contribution < 1.29 is 19.8 Å². The van der Waals surface area contributed by atoms with Crippen molar-refractivity contribution in [3.63, 3.8) is 0 Å². The number of benzene rings is 1. The lowest BCUT2D eigenvalue weighted by atomic mass is 9.85. The quantitative estimate of drug-likeness (QED) is 0.781. The molecule has 0 aromatic heterocycles. The fourth-order valence-electron chi connectivity index (χ4n) is 2.73. The van der Waals surface area contributed by atoms with E-state index in [4.69, 9.17) is 5.11 Å². The molecule has 108 valence electrons. The average Bonchev–Trinajstić information content (AvgIpc) is 2.47. The maximum Gasteiger partial charge on any atom is 0.336 e. The molecule has 1 aliphatic carbocycles. The molecule has 5 heteroatoms. The number of amides is 1. The van der Waals surface area contributed by atoms with E-state index in [0.717, 1.165) is 25.7 Å². The van der Waals surface area contributed by atoms with Crippen LogP contribution in [0, 0.1) is 5.92 Å². The van der Waals surface area contributed by atoms with Crippen molar-refractivity contribution in [3.8, 4) is 0 Å². The minimum atomic E-state index is -1.11. The highest BCUT2D eigenvalue weighted by Gasteiger charge is 2.27. The Morgan fingerprint density at radius 3 is 2.45 bits per heavy atom. The Hall–Kier alpha value is -1.88. The van der Waals surface area contributed by atoms with Crippen LogP contribution < -0.4 is 5.32 Å². The summed E-state index contributed by atoms with van der Waals surface area (Å²) in [5.41, 5.74) is 0.170. The lowest BCUT2D eigenvalue weighted by Crippen LogP contribution is -2.43. The zero-order valence-electron chi connectivity index (χ0n) is 11.2. The van der Waals surface area contributed by atoms with Gasteiger partial charge >= 0.3 is 5.97 Å². The van der Waals surface area contributed by atoms with Crippen molar-refractivity contribution in [2.75, 3.05) is 6.61 Å². The molecule has 0 saturated heterocycles. The molecular weight excluding hydrogens is 258 g/mol. The van der Waals surface area contributed by atoms with E-state index >= 15 is 0 Å². The van der Waals surface area contributed by atoms with Crippen LogP contribution in [0.2, 0.25) is 0 Å². The maximum atomic E-state index is 12.2. The Balaban J connectivity index is 2.13. The van der Waals surface area contributed by atoms with Crippen molar-refractivity contribution in [2.24, 2.45) is 5.92 Å². The number of aromatic carboxylic acids is 1. The van der Waals surface area contributed by atoms with Gasteiger partial charge in [0.2, 0.25) is 0 Å². The largest absolute Gasteiger partial charge is 0.478 e. The van der Waals surface area contributed by atoms with E-state index in [1.54, 1.807) is 12.1 Å². The molecule has 1 saturated carbocycles. The fraction of sp³-hybridized carbons (Fsp3) is 0.467. The van der Waals surface area contributed by atoms with Crippen LogP contribution in [0.4, 0.5) is 0 Å². The van der Waals surface area contributed by atoms with Gasteiger partial charge < -0.3 is 15.5 Å². The monoisotopic (exact) mass is 277 g/mol. The van der Waals surface area contributed by atoms with E-state index in [-0.39, 0.29) is 35.6 Å². The van der Waals surface area contributed by atoms with Gasteiger partial charge in [0, 0.05) is 18.6 Å². The van der Waals surface area contributed by atoms with Crippen molar-refractivity contribution >= 4 is 11.9 Å². The van der Waals surface area contributed by atoms with E-state index in [2.05, 4.69) is 5.32 Å². The molecular formula is C15H19NO4. The topological polar surface area (TPSA) is 86.6 Å². The Kier molecular flexibility index (Phi) is 4.74. The molecule has 1 aromatic carbocycles. The Labute approximate surface area is 117 Å².